The van der Waals surface area contributed by atoms with Gasteiger partial charge in [0, 0.05) is 27.9 Å². The molecule has 8 rings (SSSR count). The van der Waals surface area contributed by atoms with E-state index in [9.17, 15) is 0 Å². The summed E-state index contributed by atoms with van der Waals surface area (Å²) < 4.78 is 2.29. The standard InChI is InChI=1S/C34H21N3/c1-3-12-31-27(9-1)29-21-25(18-19-28(29)34-36-30-11-2-4-13-32(30)37(31)34)22-14-16-23(17-15-22)26-10-5-7-24-8-6-20-35-33(24)26/h1-21H. The molecule has 37 heavy (non-hydrogen) atoms. The number of pyridine rings is 2. The van der Waals surface area contributed by atoms with E-state index in [-0.39, 0.29) is 0 Å². The summed E-state index contributed by atoms with van der Waals surface area (Å²) in [5.74, 6) is 0. The Morgan fingerprint density at radius 3 is 2.19 bits per heavy atom. The van der Waals surface area contributed by atoms with Crippen molar-refractivity contribution < 1.29 is 0 Å². The van der Waals surface area contributed by atoms with E-state index in [1.54, 1.807) is 0 Å². The monoisotopic (exact) mass is 471 g/mol. The quantitative estimate of drug-likeness (QED) is 0.236. The van der Waals surface area contributed by atoms with E-state index in [0.717, 1.165) is 38.5 Å². The van der Waals surface area contributed by atoms with E-state index in [2.05, 4.69) is 125 Å². The highest BCUT2D eigenvalue weighted by atomic mass is 15.0. The van der Waals surface area contributed by atoms with Crippen molar-refractivity contribution in [1.29, 1.82) is 0 Å². The first-order chi connectivity index (χ1) is 18.3. The fourth-order valence-corrected chi connectivity index (χ4v) is 5.67. The molecule has 8 aromatic rings. The molecule has 3 nitrogen and oxygen atoms in total. The molecule has 0 unspecified atom stereocenters. The highest BCUT2D eigenvalue weighted by Gasteiger charge is 2.14. The normalized spacial score (nSPS) is 11.8. The minimum absolute atomic E-state index is 1.00. The summed E-state index contributed by atoms with van der Waals surface area (Å²) in [4.78, 5) is 9.66. The fraction of sp³-hybridized carbons (Fsp3) is 0. The number of hydrogen-bond donors (Lipinski definition) is 0. The fourth-order valence-electron chi connectivity index (χ4n) is 5.67. The summed E-state index contributed by atoms with van der Waals surface area (Å²) in [6.07, 6.45) is 1.86. The number of nitrogens with zero attached hydrogens (tertiary/aromatic N) is 3. The van der Waals surface area contributed by atoms with Gasteiger partial charge in [-0.1, -0.05) is 84.9 Å². The lowest BCUT2D eigenvalue weighted by Gasteiger charge is -2.11. The van der Waals surface area contributed by atoms with Crippen LogP contribution in [0.2, 0.25) is 0 Å². The van der Waals surface area contributed by atoms with Gasteiger partial charge in [-0.15, -0.1) is 0 Å². The Morgan fingerprint density at radius 2 is 1.27 bits per heavy atom. The average molecular weight is 472 g/mol. The molecule has 0 N–H and O–H groups in total. The van der Waals surface area contributed by atoms with Crippen LogP contribution in [0.5, 0.6) is 0 Å². The van der Waals surface area contributed by atoms with Crippen LogP contribution in [0.15, 0.2) is 128 Å². The second kappa shape index (κ2) is 7.74. The molecule has 0 spiro atoms. The van der Waals surface area contributed by atoms with Gasteiger partial charge in [-0.25, -0.2) is 4.98 Å². The Labute approximate surface area is 213 Å². The minimum atomic E-state index is 1.00. The van der Waals surface area contributed by atoms with Crippen LogP contribution < -0.4 is 0 Å². The third kappa shape index (κ3) is 3.01. The first-order valence-electron chi connectivity index (χ1n) is 12.5. The lowest BCUT2D eigenvalue weighted by Crippen LogP contribution is -1.92. The number of imidazole rings is 1. The zero-order valence-corrected chi connectivity index (χ0v) is 20.0. The maximum Gasteiger partial charge on any atom is 0.146 e. The molecular weight excluding hydrogens is 450 g/mol. The molecule has 0 amide bonds. The number of benzene rings is 5. The smallest absolute Gasteiger partial charge is 0.146 e. The van der Waals surface area contributed by atoms with Gasteiger partial charge in [-0.2, -0.15) is 0 Å². The molecule has 172 valence electrons. The Morgan fingerprint density at radius 1 is 0.514 bits per heavy atom. The third-order valence-corrected chi connectivity index (χ3v) is 7.42. The molecule has 0 aliphatic heterocycles. The zero-order valence-electron chi connectivity index (χ0n) is 20.0. The van der Waals surface area contributed by atoms with Crippen LogP contribution in [0.4, 0.5) is 0 Å². The van der Waals surface area contributed by atoms with Gasteiger partial charge in [0.25, 0.3) is 0 Å². The molecule has 3 heteroatoms. The summed E-state index contributed by atoms with van der Waals surface area (Å²) in [7, 11) is 0. The van der Waals surface area contributed by atoms with Crippen molar-refractivity contribution in [2.75, 3.05) is 0 Å². The van der Waals surface area contributed by atoms with Gasteiger partial charge in [0.15, 0.2) is 0 Å². The molecule has 0 saturated carbocycles. The molecule has 0 radical (unpaired) electrons. The largest absolute Gasteiger partial charge is 0.292 e. The molecule has 0 atom stereocenters. The van der Waals surface area contributed by atoms with Crippen molar-refractivity contribution >= 4 is 49.3 Å². The zero-order chi connectivity index (χ0) is 24.3. The number of rotatable bonds is 2. The summed E-state index contributed by atoms with van der Waals surface area (Å²) in [6, 6.07) is 43.0. The molecule has 0 saturated heterocycles. The number of hydrogen-bond acceptors (Lipinski definition) is 2. The minimum Gasteiger partial charge on any atom is -0.292 e. The van der Waals surface area contributed by atoms with Gasteiger partial charge in [-0.3, -0.25) is 9.38 Å². The van der Waals surface area contributed by atoms with Crippen LogP contribution in [-0.2, 0) is 0 Å². The third-order valence-electron chi connectivity index (χ3n) is 7.42. The summed E-state index contributed by atoms with van der Waals surface area (Å²) in [5.41, 5.74) is 10.1. The number of para-hydroxylation sites is 4. The Kier molecular flexibility index (Phi) is 4.23. The van der Waals surface area contributed by atoms with Crippen LogP contribution in [0.25, 0.3) is 71.5 Å². The highest BCUT2D eigenvalue weighted by molar-refractivity contribution is 6.14. The first-order valence-corrected chi connectivity index (χ1v) is 12.5. The van der Waals surface area contributed by atoms with Crippen LogP contribution in [0.1, 0.15) is 0 Å². The maximum absolute atomic E-state index is 5.02. The van der Waals surface area contributed by atoms with Gasteiger partial charge in [0.2, 0.25) is 0 Å². The van der Waals surface area contributed by atoms with Crippen molar-refractivity contribution in [3.05, 3.63) is 128 Å². The van der Waals surface area contributed by atoms with E-state index in [1.165, 1.54) is 33.0 Å². The summed E-state index contributed by atoms with van der Waals surface area (Å²) in [5, 5.41) is 4.77. The molecule has 5 aromatic carbocycles. The predicted molar refractivity (Wildman–Crippen MR) is 154 cm³/mol. The number of fused-ring (bicyclic) bond motifs is 9. The van der Waals surface area contributed by atoms with Crippen molar-refractivity contribution in [2.24, 2.45) is 0 Å². The van der Waals surface area contributed by atoms with Crippen LogP contribution in [-0.4, -0.2) is 14.4 Å². The van der Waals surface area contributed by atoms with Crippen LogP contribution >= 0.6 is 0 Å². The Hall–Kier alpha value is -5.02. The molecule has 0 aliphatic carbocycles. The second-order valence-electron chi connectivity index (χ2n) is 9.50. The summed E-state index contributed by atoms with van der Waals surface area (Å²) in [6.45, 7) is 0. The topological polar surface area (TPSA) is 30.2 Å². The van der Waals surface area contributed by atoms with Crippen molar-refractivity contribution in [1.82, 2.24) is 14.4 Å². The molecule has 0 aliphatic rings. The highest BCUT2D eigenvalue weighted by Crippen LogP contribution is 2.35. The van der Waals surface area contributed by atoms with Gasteiger partial charge >= 0.3 is 0 Å². The van der Waals surface area contributed by atoms with Crippen molar-refractivity contribution in [3.8, 4) is 22.3 Å². The predicted octanol–water partition coefficient (Wildman–Crippen LogP) is 8.68. The Balaban J connectivity index is 1.32. The summed E-state index contributed by atoms with van der Waals surface area (Å²) >= 11 is 0. The van der Waals surface area contributed by atoms with Gasteiger partial charge in [0.1, 0.15) is 5.65 Å². The van der Waals surface area contributed by atoms with Crippen LogP contribution in [0.3, 0.4) is 0 Å². The molecular formula is C34H21N3. The van der Waals surface area contributed by atoms with E-state index >= 15 is 0 Å². The van der Waals surface area contributed by atoms with E-state index in [1.807, 2.05) is 12.3 Å². The van der Waals surface area contributed by atoms with E-state index < -0.39 is 0 Å². The molecule has 3 heterocycles. The van der Waals surface area contributed by atoms with E-state index in [0.29, 0.717) is 0 Å². The lowest BCUT2D eigenvalue weighted by atomic mass is 9.96. The second-order valence-corrected chi connectivity index (χ2v) is 9.50. The molecule has 3 aromatic heterocycles. The Bertz CT molecular complexity index is 2130. The van der Waals surface area contributed by atoms with Crippen molar-refractivity contribution in [2.45, 2.75) is 0 Å². The first kappa shape index (κ1) is 20.2. The maximum atomic E-state index is 5.02. The van der Waals surface area contributed by atoms with Gasteiger partial charge in [0.05, 0.1) is 22.1 Å². The lowest BCUT2D eigenvalue weighted by molar-refractivity contribution is 1.31. The molecule has 0 bridgehead atoms. The van der Waals surface area contributed by atoms with E-state index in [4.69, 9.17) is 4.98 Å². The number of aromatic nitrogens is 3. The van der Waals surface area contributed by atoms with Crippen LogP contribution in [0, 0.1) is 0 Å². The SMILES string of the molecule is c1cnc2c(-c3ccc(-c4ccc5c(c4)c4ccccc4n4c6ccccc6nc54)cc3)cccc2c1. The van der Waals surface area contributed by atoms with Gasteiger partial charge in [-0.05, 0) is 58.5 Å². The van der Waals surface area contributed by atoms with Crippen molar-refractivity contribution in [3.63, 3.8) is 0 Å². The molecule has 0 fully saturated rings. The average Bonchev–Trinajstić information content (AvgIpc) is 3.37. The van der Waals surface area contributed by atoms with Gasteiger partial charge < -0.3 is 0 Å².